The van der Waals surface area contributed by atoms with Crippen molar-refractivity contribution in [1.29, 1.82) is 0 Å². The molecule has 1 saturated carbocycles. The molecule has 0 saturated heterocycles. The summed E-state index contributed by atoms with van der Waals surface area (Å²) in [7, 11) is 0. The van der Waals surface area contributed by atoms with Gasteiger partial charge in [-0.05, 0) is 42.5 Å². The lowest BCUT2D eigenvalue weighted by Gasteiger charge is -2.23. The van der Waals surface area contributed by atoms with Gasteiger partial charge < -0.3 is 15.6 Å². The summed E-state index contributed by atoms with van der Waals surface area (Å²) in [5.41, 5.74) is 7.60. The molecule has 0 bridgehead atoms. The zero-order valence-electron chi connectivity index (χ0n) is 10.3. The first-order valence-corrected chi connectivity index (χ1v) is 7.27. The lowest BCUT2D eigenvalue weighted by Crippen LogP contribution is -2.30. The third-order valence-corrected chi connectivity index (χ3v) is 4.43. The van der Waals surface area contributed by atoms with Crippen LogP contribution in [0.3, 0.4) is 0 Å². The average Bonchev–Trinajstić information content (AvgIpc) is 2.85. The smallest absolute Gasteiger partial charge is 0.125 e. The molecule has 1 fully saturated rings. The van der Waals surface area contributed by atoms with Crippen molar-refractivity contribution in [2.75, 3.05) is 6.61 Å². The van der Waals surface area contributed by atoms with Crippen LogP contribution >= 0.6 is 15.9 Å². The van der Waals surface area contributed by atoms with E-state index >= 15 is 0 Å². The molecule has 2 unspecified atom stereocenters. The Labute approximate surface area is 115 Å². The standard InChI is InChI=1S/C14H18BrNO2/c15-11-5-9-2-4-18-13(9)10(6-11)7-14(17)3-1-12(16)8-14/h5-6,12,17H,1-4,7-8,16H2. The summed E-state index contributed by atoms with van der Waals surface area (Å²) < 4.78 is 6.77. The van der Waals surface area contributed by atoms with Crippen molar-refractivity contribution in [2.45, 2.75) is 43.7 Å². The summed E-state index contributed by atoms with van der Waals surface area (Å²) in [5.74, 6) is 0.979. The van der Waals surface area contributed by atoms with Crippen LogP contribution in [-0.2, 0) is 12.8 Å². The maximum absolute atomic E-state index is 10.6. The predicted molar refractivity (Wildman–Crippen MR) is 73.8 cm³/mol. The number of hydrogen-bond acceptors (Lipinski definition) is 3. The molecular weight excluding hydrogens is 294 g/mol. The van der Waals surface area contributed by atoms with Crippen LogP contribution in [0.5, 0.6) is 5.75 Å². The van der Waals surface area contributed by atoms with Crippen LogP contribution in [0, 0.1) is 0 Å². The minimum atomic E-state index is -0.653. The Morgan fingerprint density at radius 1 is 1.50 bits per heavy atom. The van der Waals surface area contributed by atoms with E-state index in [-0.39, 0.29) is 6.04 Å². The molecule has 1 aromatic carbocycles. The van der Waals surface area contributed by atoms with Gasteiger partial charge in [0.15, 0.2) is 0 Å². The molecule has 0 radical (unpaired) electrons. The van der Waals surface area contributed by atoms with Crippen molar-refractivity contribution in [3.63, 3.8) is 0 Å². The minimum absolute atomic E-state index is 0.135. The monoisotopic (exact) mass is 311 g/mol. The van der Waals surface area contributed by atoms with Gasteiger partial charge in [0.2, 0.25) is 0 Å². The van der Waals surface area contributed by atoms with Gasteiger partial charge in [0, 0.05) is 23.4 Å². The summed E-state index contributed by atoms with van der Waals surface area (Å²) in [4.78, 5) is 0. The minimum Gasteiger partial charge on any atom is -0.493 e. The molecule has 0 amide bonds. The topological polar surface area (TPSA) is 55.5 Å². The highest BCUT2D eigenvalue weighted by atomic mass is 79.9. The quantitative estimate of drug-likeness (QED) is 0.880. The van der Waals surface area contributed by atoms with E-state index in [0.717, 1.165) is 41.7 Å². The van der Waals surface area contributed by atoms with Crippen molar-refractivity contribution < 1.29 is 9.84 Å². The van der Waals surface area contributed by atoms with Crippen molar-refractivity contribution in [2.24, 2.45) is 5.73 Å². The Morgan fingerprint density at radius 2 is 2.33 bits per heavy atom. The van der Waals surface area contributed by atoms with Crippen LogP contribution in [0.2, 0.25) is 0 Å². The Kier molecular flexibility index (Phi) is 3.12. The Balaban J connectivity index is 1.89. The van der Waals surface area contributed by atoms with Crippen LogP contribution in [0.15, 0.2) is 16.6 Å². The molecule has 98 valence electrons. The molecule has 0 spiro atoms. The molecule has 1 aliphatic heterocycles. The number of benzene rings is 1. The predicted octanol–water partition coefficient (Wildman–Crippen LogP) is 2.17. The van der Waals surface area contributed by atoms with Gasteiger partial charge in [0.1, 0.15) is 5.75 Å². The maximum atomic E-state index is 10.6. The number of hydrogen-bond donors (Lipinski definition) is 2. The molecular formula is C14H18BrNO2. The molecule has 1 aromatic rings. The summed E-state index contributed by atoms with van der Waals surface area (Å²) in [6.45, 7) is 0.747. The Bertz CT molecular complexity index is 477. The summed E-state index contributed by atoms with van der Waals surface area (Å²) in [5, 5.41) is 10.6. The van der Waals surface area contributed by atoms with E-state index in [2.05, 4.69) is 28.1 Å². The molecule has 0 aromatic heterocycles. The van der Waals surface area contributed by atoms with E-state index in [1.54, 1.807) is 0 Å². The van der Waals surface area contributed by atoms with Crippen LogP contribution in [0.4, 0.5) is 0 Å². The number of halogens is 1. The van der Waals surface area contributed by atoms with Crippen LogP contribution < -0.4 is 10.5 Å². The van der Waals surface area contributed by atoms with E-state index in [9.17, 15) is 5.11 Å². The molecule has 3 N–H and O–H groups in total. The first-order valence-electron chi connectivity index (χ1n) is 6.48. The normalized spacial score (nSPS) is 30.3. The molecule has 1 aliphatic carbocycles. The molecule has 3 rings (SSSR count). The van der Waals surface area contributed by atoms with Gasteiger partial charge in [0.25, 0.3) is 0 Å². The van der Waals surface area contributed by atoms with Crippen molar-refractivity contribution in [1.82, 2.24) is 0 Å². The number of nitrogens with two attached hydrogens (primary N) is 1. The van der Waals surface area contributed by atoms with Crippen LogP contribution in [0.1, 0.15) is 30.4 Å². The van der Waals surface area contributed by atoms with Crippen LogP contribution in [-0.4, -0.2) is 23.4 Å². The number of aliphatic hydroxyl groups is 1. The Hall–Kier alpha value is -0.580. The molecule has 2 aliphatic rings. The van der Waals surface area contributed by atoms with E-state index in [0.29, 0.717) is 12.8 Å². The first kappa shape index (κ1) is 12.5. The second kappa shape index (κ2) is 4.51. The third-order valence-electron chi connectivity index (χ3n) is 3.97. The number of fused-ring (bicyclic) bond motifs is 1. The number of ether oxygens (including phenoxy) is 1. The second-order valence-corrected chi connectivity index (χ2v) is 6.47. The second-order valence-electron chi connectivity index (χ2n) is 5.56. The fourth-order valence-electron chi connectivity index (χ4n) is 3.14. The fraction of sp³-hybridized carbons (Fsp3) is 0.571. The Morgan fingerprint density at radius 3 is 3.06 bits per heavy atom. The summed E-state index contributed by atoms with van der Waals surface area (Å²) in [6, 6.07) is 4.30. The maximum Gasteiger partial charge on any atom is 0.125 e. The van der Waals surface area contributed by atoms with Gasteiger partial charge in [-0.15, -0.1) is 0 Å². The van der Waals surface area contributed by atoms with Gasteiger partial charge in [-0.2, -0.15) is 0 Å². The molecule has 4 heteroatoms. The van der Waals surface area contributed by atoms with E-state index in [1.807, 2.05) is 0 Å². The number of rotatable bonds is 2. The van der Waals surface area contributed by atoms with Gasteiger partial charge in [-0.1, -0.05) is 15.9 Å². The SMILES string of the molecule is NC1CCC(O)(Cc2cc(Br)cc3c2OCC3)C1. The molecule has 3 nitrogen and oxygen atoms in total. The highest BCUT2D eigenvalue weighted by Gasteiger charge is 2.37. The molecule has 2 atom stereocenters. The van der Waals surface area contributed by atoms with Crippen molar-refractivity contribution in [3.05, 3.63) is 27.7 Å². The van der Waals surface area contributed by atoms with Gasteiger partial charge in [-0.3, -0.25) is 0 Å². The summed E-state index contributed by atoms with van der Waals surface area (Å²) in [6.07, 6.45) is 3.99. The average molecular weight is 312 g/mol. The third kappa shape index (κ3) is 2.29. The fourth-order valence-corrected chi connectivity index (χ4v) is 3.69. The lowest BCUT2D eigenvalue weighted by molar-refractivity contribution is 0.0462. The van der Waals surface area contributed by atoms with Crippen LogP contribution in [0.25, 0.3) is 0 Å². The van der Waals surface area contributed by atoms with Gasteiger partial charge in [-0.25, -0.2) is 0 Å². The molecule has 1 heterocycles. The van der Waals surface area contributed by atoms with Crippen molar-refractivity contribution >= 4 is 15.9 Å². The highest BCUT2D eigenvalue weighted by molar-refractivity contribution is 9.10. The zero-order valence-corrected chi connectivity index (χ0v) is 11.9. The largest absolute Gasteiger partial charge is 0.493 e. The molecule has 18 heavy (non-hydrogen) atoms. The van der Waals surface area contributed by atoms with Gasteiger partial charge >= 0.3 is 0 Å². The summed E-state index contributed by atoms with van der Waals surface area (Å²) >= 11 is 3.53. The lowest BCUT2D eigenvalue weighted by atomic mass is 9.91. The van der Waals surface area contributed by atoms with E-state index < -0.39 is 5.60 Å². The highest BCUT2D eigenvalue weighted by Crippen LogP contribution is 2.38. The van der Waals surface area contributed by atoms with Gasteiger partial charge in [0.05, 0.1) is 12.2 Å². The zero-order chi connectivity index (χ0) is 12.8. The first-order chi connectivity index (χ1) is 8.56. The van der Waals surface area contributed by atoms with E-state index in [1.165, 1.54) is 5.56 Å². The van der Waals surface area contributed by atoms with E-state index in [4.69, 9.17) is 10.5 Å². The van der Waals surface area contributed by atoms with Crippen molar-refractivity contribution in [3.8, 4) is 5.75 Å².